The van der Waals surface area contributed by atoms with E-state index in [2.05, 4.69) is 29.4 Å². The lowest BCUT2D eigenvalue weighted by atomic mass is 10.2. The number of aromatic nitrogens is 3. The largest absolute Gasteiger partial charge is 0.497 e. The third kappa shape index (κ3) is 6.00. The highest BCUT2D eigenvalue weighted by molar-refractivity contribution is 7.99. The van der Waals surface area contributed by atoms with Crippen molar-refractivity contribution in [3.05, 3.63) is 60.4 Å². The van der Waals surface area contributed by atoms with E-state index in [-0.39, 0.29) is 18.3 Å². The van der Waals surface area contributed by atoms with E-state index in [9.17, 15) is 4.79 Å². The molecule has 30 heavy (non-hydrogen) atoms. The molecule has 1 heterocycles. The number of benzene rings is 2. The number of hydrogen-bond acceptors (Lipinski definition) is 6. The fraction of sp³-hybridized carbons (Fsp3) is 0.318. The average molecular weight is 427 g/mol. The van der Waals surface area contributed by atoms with Crippen LogP contribution in [0.2, 0.25) is 0 Å². The Bertz CT molecular complexity index is 943. The topological polar surface area (TPSA) is 78.3 Å². The van der Waals surface area contributed by atoms with Crippen molar-refractivity contribution in [2.24, 2.45) is 5.92 Å². The first-order valence-electron chi connectivity index (χ1n) is 9.73. The van der Waals surface area contributed by atoms with Gasteiger partial charge in [-0.15, -0.1) is 10.2 Å². The van der Waals surface area contributed by atoms with Crippen LogP contribution in [0.15, 0.2) is 59.8 Å². The Morgan fingerprint density at radius 3 is 2.43 bits per heavy atom. The van der Waals surface area contributed by atoms with Gasteiger partial charge in [0.15, 0.2) is 11.0 Å². The van der Waals surface area contributed by atoms with Crippen LogP contribution in [-0.2, 0) is 11.4 Å². The minimum absolute atomic E-state index is 0.0210. The van der Waals surface area contributed by atoms with Gasteiger partial charge in [0.2, 0.25) is 5.91 Å². The highest BCUT2D eigenvalue weighted by atomic mass is 32.2. The van der Waals surface area contributed by atoms with Crippen LogP contribution >= 0.6 is 11.8 Å². The summed E-state index contributed by atoms with van der Waals surface area (Å²) < 4.78 is 13.0. The van der Waals surface area contributed by atoms with Gasteiger partial charge in [0.1, 0.15) is 18.1 Å². The number of carbonyl (C=O) groups is 1. The summed E-state index contributed by atoms with van der Waals surface area (Å²) in [7, 11) is 1.63. The molecular formula is C22H26N4O3S. The molecule has 0 aliphatic rings. The molecule has 0 saturated carbocycles. The summed E-state index contributed by atoms with van der Waals surface area (Å²) in [4.78, 5) is 12.1. The molecule has 1 aromatic heterocycles. The van der Waals surface area contributed by atoms with Crippen molar-refractivity contribution < 1.29 is 14.3 Å². The maximum atomic E-state index is 12.1. The average Bonchev–Trinajstić information content (AvgIpc) is 3.18. The van der Waals surface area contributed by atoms with E-state index in [1.165, 1.54) is 11.8 Å². The van der Waals surface area contributed by atoms with E-state index < -0.39 is 0 Å². The number of rotatable bonds is 10. The third-order valence-electron chi connectivity index (χ3n) is 4.18. The van der Waals surface area contributed by atoms with E-state index >= 15 is 0 Å². The molecule has 0 saturated heterocycles. The van der Waals surface area contributed by atoms with Crippen molar-refractivity contribution in [3.63, 3.8) is 0 Å². The van der Waals surface area contributed by atoms with E-state index in [1.54, 1.807) is 7.11 Å². The van der Waals surface area contributed by atoms with Crippen LogP contribution in [0.25, 0.3) is 5.69 Å². The number of methoxy groups -OCH3 is 1. The Hall–Kier alpha value is -3.00. The summed E-state index contributed by atoms with van der Waals surface area (Å²) in [6.07, 6.45) is 0. The lowest BCUT2D eigenvalue weighted by Crippen LogP contribution is -2.28. The first kappa shape index (κ1) is 21.7. The van der Waals surface area contributed by atoms with Crippen molar-refractivity contribution in [3.8, 4) is 17.2 Å². The molecule has 0 atom stereocenters. The van der Waals surface area contributed by atoms with Crippen LogP contribution in [0.5, 0.6) is 11.5 Å². The van der Waals surface area contributed by atoms with Gasteiger partial charge in [0.25, 0.3) is 0 Å². The van der Waals surface area contributed by atoms with Gasteiger partial charge in [0.05, 0.1) is 12.9 Å². The second kappa shape index (κ2) is 10.7. The lowest BCUT2D eigenvalue weighted by molar-refractivity contribution is -0.118. The smallest absolute Gasteiger partial charge is 0.230 e. The summed E-state index contributed by atoms with van der Waals surface area (Å²) in [6, 6.07) is 17.2. The lowest BCUT2D eigenvalue weighted by Gasteiger charge is -2.12. The second-order valence-electron chi connectivity index (χ2n) is 7.02. The molecule has 1 N–H and O–H groups in total. The van der Waals surface area contributed by atoms with Crippen molar-refractivity contribution in [1.29, 1.82) is 0 Å². The predicted molar refractivity (Wildman–Crippen MR) is 117 cm³/mol. The van der Waals surface area contributed by atoms with Crippen molar-refractivity contribution in [2.75, 3.05) is 19.4 Å². The van der Waals surface area contributed by atoms with Gasteiger partial charge in [-0.25, -0.2) is 0 Å². The van der Waals surface area contributed by atoms with E-state index in [0.717, 1.165) is 11.4 Å². The predicted octanol–water partition coefficient (Wildman–Crippen LogP) is 3.72. The molecule has 7 nitrogen and oxygen atoms in total. The molecule has 0 spiro atoms. The molecule has 3 rings (SSSR count). The summed E-state index contributed by atoms with van der Waals surface area (Å²) >= 11 is 1.35. The van der Waals surface area contributed by atoms with Gasteiger partial charge in [-0.1, -0.05) is 43.8 Å². The van der Waals surface area contributed by atoms with Crippen molar-refractivity contribution in [2.45, 2.75) is 25.6 Å². The van der Waals surface area contributed by atoms with Gasteiger partial charge in [-0.3, -0.25) is 9.36 Å². The van der Waals surface area contributed by atoms with E-state index in [1.807, 2.05) is 59.2 Å². The van der Waals surface area contributed by atoms with Gasteiger partial charge in [0, 0.05) is 12.2 Å². The summed E-state index contributed by atoms with van der Waals surface area (Å²) in [5.41, 5.74) is 0.918. The van der Waals surface area contributed by atoms with Crippen LogP contribution in [0, 0.1) is 5.92 Å². The minimum Gasteiger partial charge on any atom is -0.497 e. The molecule has 158 valence electrons. The number of nitrogens with one attached hydrogen (secondary N) is 1. The standard InChI is InChI=1S/C22H26N4O3S/c1-16(2)13-23-21(27)15-30-22-25-24-20(26(22)17-7-5-4-6-8-17)14-29-19-11-9-18(28-3)10-12-19/h4-12,16H,13-15H2,1-3H3,(H,23,27). The molecule has 0 bridgehead atoms. The molecule has 0 radical (unpaired) electrons. The van der Waals surface area contributed by atoms with Gasteiger partial charge in [-0.05, 0) is 42.3 Å². The Labute approximate surface area is 180 Å². The summed E-state index contributed by atoms with van der Waals surface area (Å²) in [6.45, 7) is 5.03. The first-order chi connectivity index (χ1) is 14.6. The molecule has 3 aromatic rings. The van der Waals surface area contributed by atoms with Gasteiger partial charge in [-0.2, -0.15) is 0 Å². The third-order valence-corrected chi connectivity index (χ3v) is 5.11. The zero-order chi connectivity index (χ0) is 21.3. The van der Waals surface area contributed by atoms with E-state index in [0.29, 0.717) is 29.2 Å². The molecular weight excluding hydrogens is 400 g/mol. The van der Waals surface area contributed by atoms with Gasteiger partial charge < -0.3 is 14.8 Å². The highest BCUT2D eigenvalue weighted by Gasteiger charge is 2.16. The summed E-state index contributed by atoms with van der Waals surface area (Å²) in [5, 5.41) is 12.2. The zero-order valence-corrected chi connectivity index (χ0v) is 18.2. The quantitative estimate of drug-likeness (QED) is 0.498. The van der Waals surface area contributed by atoms with Crippen LogP contribution in [0.3, 0.4) is 0 Å². The fourth-order valence-electron chi connectivity index (χ4n) is 2.64. The van der Waals surface area contributed by atoms with Crippen LogP contribution in [0.4, 0.5) is 0 Å². The van der Waals surface area contributed by atoms with Gasteiger partial charge >= 0.3 is 0 Å². The van der Waals surface area contributed by atoms with Crippen molar-refractivity contribution in [1.82, 2.24) is 20.1 Å². The Kier molecular flexibility index (Phi) is 7.73. The molecule has 0 aliphatic carbocycles. The molecule has 1 amide bonds. The molecule has 2 aromatic carbocycles. The highest BCUT2D eigenvalue weighted by Crippen LogP contribution is 2.23. The Morgan fingerprint density at radius 2 is 1.77 bits per heavy atom. The molecule has 0 fully saturated rings. The van der Waals surface area contributed by atoms with Crippen molar-refractivity contribution >= 4 is 17.7 Å². The number of para-hydroxylation sites is 1. The molecule has 0 aliphatic heterocycles. The van der Waals surface area contributed by atoms with Crippen LogP contribution in [-0.4, -0.2) is 40.1 Å². The molecule has 0 unspecified atom stereocenters. The SMILES string of the molecule is COc1ccc(OCc2nnc(SCC(=O)NCC(C)C)n2-c2ccccc2)cc1. The number of nitrogens with zero attached hydrogens (tertiary/aromatic N) is 3. The molecule has 8 heteroatoms. The normalized spacial score (nSPS) is 10.8. The second-order valence-corrected chi connectivity index (χ2v) is 7.96. The van der Waals surface area contributed by atoms with E-state index in [4.69, 9.17) is 9.47 Å². The van der Waals surface area contributed by atoms with Crippen LogP contribution < -0.4 is 14.8 Å². The number of thioether (sulfide) groups is 1. The number of ether oxygens (including phenoxy) is 2. The summed E-state index contributed by atoms with van der Waals surface area (Å²) in [5.74, 6) is 2.80. The Balaban J connectivity index is 1.73. The maximum Gasteiger partial charge on any atom is 0.230 e. The maximum absolute atomic E-state index is 12.1. The zero-order valence-electron chi connectivity index (χ0n) is 17.4. The fourth-order valence-corrected chi connectivity index (χ4v) is 3.44. The number of hydrogen-bond donors (Lipinski definition) is 1. The first-order valence-corrected chi connectivity index (χ1v) is 10.7. The Morgan fingerprint density at radius 1 is 1.07 bits per heavy atom. The number of carbonyl (C=O) groups excluding carboxylic acids is 1. The minimum atomic E-state index is -0.0210. The van der Waals surface area contributed by atoms with Crippen LogP contribution in [0.1, 0.15) is 19.7 Å². The number of amides is 1. The monoisotopic (exact) mass is 426 g/mol.